The molecule has 1 heterocycles. The Balaban J connectivity index is 1.46. The Morgan fingerprint density at radius 2 is 1.70 bits per heavy atom. The quantitative estimate of drug-likeness (QED) is 0.321. The van der Waals surface area contributed by atoms with E-state index in [1.165, 1.54) is 0 Å². The fraction of sp³-hybridized carbons (Fsp3) is 0.389. The van der Waals surface area contributed by atoms with E-state index in [0.29, 0.717) is 0 Å². The molecule has 23 heavy (non-hydrogen) atoms. The molecular formula is C18H15IN2O2. The van der Waals surface area contributed by atoms with Gasteiger partial charge in [0.25, 0.3) is 11.8 Å². The van der Waals surface area contributed by atoms with Gasteiger partial charge in [-0.15, -0.1) is 0 Å². The molecule has 2 amide bonds. The summed E-state index contributed by atoms with van der Waals surface area (Å²) < 4.78 is 1.05. The number of imide groups is 1. The molecule has 2 bridgehead atoms. The molecular weight excluding hydrogens is 403 g/mol. The fourth-order valence-electron chi connectivity index (χ4n) is 4.88. The third-order valence-corrected chi connectivity index (χ3v) is 7.03. The number of allylic oxidation sites excluding steroid dienone is 2. The van der Waals surface area contributed by atoms with Crippen molar-refractivity contribution in [2.45, 2.75) is 12.8 Å². The zero-order valence-corrected chi connectivity index (χ0v) is 14.5. The van der Waals surface area contributed by atoms with Gasteiger partial charge in [0, 0.05) is 9.13 Å². The van der Waals surface area contributed by atoms with Crippen LogP contribution in [0.2, 0.25) is 0 Å². The van der Waals surface area contributed by atoms with Crippen LogP contribution in [0.5, 0.6) is 0 Å². The maximum absolute atomic E-state index is 12.8. The minimum atomic E-state index is -0.174. The van der Waals surface area contributed by atoms with Gasteiger partial charge in [-0.2, -0.15) is 10.1 Å². The molecule has 3 aliphatic carbocycles. The van der Waals surface area contributed by atoms with Crippen LogP contribution in [0.4, 0.5) is 0 Å². The van der Waals surface area contributed by atoms with Gasteiger partial charge in [0.15, 0.2) is 0 Å². The number of halogens is 1. The smallest absolute Gasteiger partial charge is 0.254 e. The molecule has 0 aromatic heterocycles. The highest BCUT2D eigenvalue weighted by Gasteiger charge is 2.73. The van der Waals surface area contributed by atoms with Crippen molar-refractivity contribution in [3.05, 3.63) is 45.6 Å². The number of carbonyl (C=O) groups excluding carboxylic acids is 2. The Morgan fingerprint density at radius 3 is 2.26 bits per heavy atom. The van der Waals surface area contributed by atoms with Crippen molar-refractivity contribution in [2.75, 3.05) is 0 Å². The summed E-state index contributed by atoms with van der Waals surface area (Å²) in [6.45, 7) is 0. The molecule has 0 radical (unpaired) electrons. The number of hydrogen-bond donors (Lipinski definition) is 0. The second-order valence-corrected chi connectivity index (χ2v) is 8.14. The largest absolute Gasteiger partial charge is 0.272 e. The van der Waals surface area contributed by atoms with Gasteiger partial charge in [-0.1, -0.05) is 30.4 Å². The van der Waals surface area contributed by atoms with Gasteiger partial charge in [-0.05, 0) is 58.7 Å². The summed E-state index contributed by atoms with van der Waals surface area (Å²) in [5.74, 6) is -0.0494. The van der Waals surface area contributed by atoms with E-state index in [1.54, 1.807) is 6.21 Å². The molecule has 1 saturated heterocycles. The second kappa shape index (κ2) is 4.53. The second-order valence-electron chi connectivity index (χ2n) is 6.98. The zero-order chi connectivity index (χ0) is 15.8. The van der Waals surface area contributed by atoms with E-state index in [9.17, 15) is 9.59 Å². The third-order valence-electron chi connectivity index (χ3n) is 6.05. The third kappa shape index (κ3) is 1.69. The van der Waals surface area contributed by atoms with Gasteiger partial charge in [-0.3, -0.25) is 9.59 Å². The Hall–Kier alpha value is -1.50. The summed E-state index contributed by atoms with van der Waals surface area (Å²) in [5, 5.41) is 5.37. The lowest BCUT2D eigenvalue weighted by molar-refractivity contribution is -0.141. The first-order chi connectivity index (χ1) is 11.1. The van der Waals surface area contributed by atoms with Crippen LogP contribution in [0.3, 0.4) is 0 Å². The minimum Gasteiger partial charge on any atom is -0.272 e. The van der Waals surface area contributed by atoms with Crippen LogP contribution in [0.25, 0.3) is 0 Å². The topological polar surface area (TPSA) is 49.7 Å². The van der Waals surface area contributed by atoms with Crippen molar-refractivity contribution in [1.29, 1.82) is 0 Å². The van der Waals surface area contributed by atoms with Crippen molar-refractivity contribution in [2.24, 2.45) is 34.2 Å². The average Bonchev–Trinajstić information content (AvgIpc) is 3.15. The number of rotatable bonds is 2. The van der Waals surface area contributed by atoms with Crippen molar-refractivity contribution >= 4 is 40.6 Å². The van der Waals surface area contributed by atoms with Gasteiger partial charge in [-0.25, -0.2) is 0 Å². The molecule has 4 atom stereocenters. The maximum atomic E-state index is 12.8. The van der Waals surface area contributed by atoms with Crippen molar-refractivity contribution < 1.29 is 9.59 Å². The van der Waals surface area contributed by atoms with Crippen molar-refractivity contribution in [1.82, 2.24) is 5.01 Å². The first-order valence-corrected chi connectivity index (χ1v) is 9.06. The maximum Gasteiger partial charge on any atom is 0.254 e. The van der Waals surface area contributed by atoms with Crippen LogP contribution in [0, 0.1) is 32.7 Å². The molecule has 0 N–H and O–H groups in total. The Labute approximate surface area is 147 Å². The lowest BCUT2D eigenvalue weighted by atomic mass is 9.85. The number of hydrazone groups is 1. The highest BCUT2D eigenvalue weighted by molar-refractivity contribution is 14.1. The highest BCUT2D eigenvalue weighted by Crippen LogP contribution is 2.73. The normalized spacial score (nSPS) is 35.8. The zero-order valence-electron chi connectivity index (χ0n) is 12.4. The predicted molar refractivity (Wildman–Crippen MR) is 93.4 cm³/mol. The average molecular weight is 418 g/mol. The van der Waals surface area contributed by atoms with Crippen LogP contribution in [0.1, 0.15) is 18.4 Å². The number of amides is 2. The first-order valence-electron chi connectivity index (χ1n) is 7.98. The van der Waals surface area contributed by atoms with Crippen LogP contribution in [-0.2, 0) is 9.59 Å². The Kier molecular flexibility index (Phi) is 2.73. The molecule has 1 aromatic rings. The lowest BCUT2D eigenvalue weighted by Crippen LogP contribution is -2.30. The summed E-state index contributed by atoms with van der Waals surface area (Å²) in [4.78, 5) is 25.5. The van der Waals surface area contributed by atoms with E-state index >= 15 is 0 Å². The van der Waals surface area contributed by atoms with E-state index in [0.717, 1.165) is 27.0 Å². The molecule has 4 nitrogen and oxygen atoms in total. The first kappa shape index (κ1) is 13.9. The summed E-state index contributed by atoms with van der Waals surface area (Å²) >= 11 is 2.22. The highest BCUT2D eigenvalue weighted by atomic mass is 127. The standard InChI is InChI=1S/C18H15IN2O2/c19-13-4-2-1-3-10(13)9-20-21-16(22)14-11-5-6-12(15(14)17(21)23)18(11)7-8-18/h1-6,9,11-12,14-15H,7-8H2/b20-9-/t11-,12-,14-,15-/m1/s1. The molecule has 1 spiro atoms. The lowest BCUT2D eigenvalue weighted by Gasteiger charge is -2.18. The molecule has 1 aromatic carbocycles. The summed E-state index contributed by atoms with van der Waals surface area (Å²) in [6, 6.07) is 7.79. The minimum absolute atomic E-state index is 0.106. The van der Waals surface area contributed by atoms with Gasteiger partial charge >= 0.3 is 0 Å². The molecule has 5 heteroatoms. The molecule has 3 fully saturated rings. The SMILES string of the molecule is O=C1[C@H]2[C@H](C(=O)N1/N=C\c1ccccc1I)[C@H]1C=C[C@H]2C12CC2. The fourth-order valence-corrected chi connectivity index (χ4v) is 5.40. The summed E-state index contributed by atoms with van der Waals surface area (Å²) in [5.41, 5.74) is 1.16. The van der Waals surface area contributed by atoms with Crippen LogP contribution >= 0.6 is 22.6 Å². The number of carbonyl (C=O) groups is 2. The summed E-state index contributed by atoms with van der Waals surface area (Å²) in [6.07, 6.45) is 8.30. The van der Waals surface area contributed by atoms with Gasteiger partial charge in [0.1, 0.15) is 0 Å². The van der Waals surface area contributed by atoms with Crippen LogP contribution < -0.4 is 0 Å². The van der Waals surface area contributed by atoms with E-state index < -0.39 is 0 Å². The molecule has 2 saturated carbocycles. The van der Waals surface area contributed by atoms with Crippen molar-refractivity contribution in [3.8, 4) is 0 Å². The van der Waals surface area contributed by atoms with E-state index in [4.69, 9.17) is 0 Å². The van der Waals surface area contributed by atoms with Crippen molar-refractivity contribution in [3.63, 3.8) is 0 Å². The van der Waals surface area contributed by atoms with E-state index in [1.807, 2.05) is 24.3 Å². The van der Waals surface area contributed by atoms with E-state index in [2.05, 4.69) is 39.8 Å². The van der Waals surface area contributed by atoms with Gasteiger partial charge in [0.05, 0.1) is 18.1 Å². The number of benzene rings is 1. The van der Waals surface area contributed by atoms with E-state index in [-0.39, 0.29) is 40.9 Å². The summed E-state index contributed by atoms with van der Waals surface area (Å²) in [7, 11) is 0. The Morgan fingerprint density at radius 1 is 1.09 bits per heavy atom. The van der Waals surface area contributed by atoms with Crippen LogP contribution in [0.15, 0.2) is 41.5 Å². The van der Waals surface area contributed by atoms with Crippen LogP contribution in [-0.4, -0.2) is 23.0 Å². The Bertz CT molecular complexity index is 762. The number of nitrogens with zero attached hydrogens (tertiary/aromatic N) is 2. The molecule has 116 valence electrons. The molecule has 1 aliphatic heterocycles. The molecule has 0 unspecified atom stereocenters. The predicted octanol–water partition coefficient (Wildman–Crippen LogP) is 2.82. The number of fused-ring (bicyclic) bond motifs is 3. The monoisotopic (exact) mass is 418 g/mol. The molecule has 4 aliphatic rings. The van der Waals surface area contributed by atoms with Gasteiger partial charge < -0.3 is 0 Å². The van der Waals surface area contributed by atoms with Gasteiger partial charge in [0.2, 0.25) is 0 Å². The number of hydrogen-bond acceptors (Lipinski definition) is 3. The molecule has 5 rings (SSSR count).